The summed E-state index contributed by atoms with van der Waals surface area (Å²) in [5.74, 6) is 2.30. The van der Waals surface area contributed by atoms with Gasteiger partial charge in [0.1, 0.15) is 5.75 Å². The minimum absolute atomic E-state index is 0.714. The van der Waals surface area contributed by atoms with Gasteiger partial charge in [-0.1, -0.05) is 18.2 Å². The highest BCUT2D eigenvalue weighted by molar-refractivity contribution is 9.10. The summed E-state index contributed by atoms with van der Waals surface area (Å²) in [6, 6.07) is 12.0. The van der Waals surface area contributed by atoms with Gasteiger partial charge in [0, 0.05) is 13.1 Å². The first-order valence-electron chi connectivity index (χ1n) is 6.92. The Bertz CT molecular complexity index is 614. The van der Waals surface area contributed by atoms with E-state index in [2.05, 4.69) is 33.4 Å². The van der Waals surface area contributed by atoms with Crippen LogP contribution in [-0.4, -0.2) is 21.3 Å². The maximum Gasteiger partial charge on any atom is 0.175 e. The fourth-order valence-corrected chi connectivity index (χ4v) is 2.78. The van der Waals surface area contributed by atoms with Crippen LogP contribution in [-0.2, 0) is 13.1 Å². The molecule has 0 fully saturated rings. The number of hydrogen-bond acceptors (Lipinski definition) is 4. The molecule has 0 radical (unpaired) electrons. The lowest BCUT2D eigenvalue weighted by molar-refractivity contribution is 0.352. The van der Waals surface area contributed by atoms with E-state index in [1.54, 1.807) is 21.3 Å². The van der Waals surface area contributed by atoms with Crippen LogP contribution >= 0.6 is 15.9 Å². The van der Waals surface area contributed by atoms with Crippen molar-refractivity contribution in [3.63, 3.8) is 0 Å². The normalized spacial score (nSPS) is 10.4. The summed E-state index contributed by atoms with van der Waals surface area (Å²) in [7, 11) is 4.94. The van der Waals surface area contributed by atoms with Gasteiger partial charge in [-0.05, 0) is 45.3 Å². The van der Waals surface area contributed by atoms with E-state index >= 15 is 0 Å². The molecule has 4 nitrogen and oxygen atoms in total. The van der Waals surface area contributed by atoms with Crippen LogP contribution in [0.25, 0.3) is 0 Å². The molecule has 0 unspecified atom stereocenters. The Hall–Kier alpha value is -1.72. The second kappa shape index (κ2) is 8.06. The third-order valence-electron chi connectivity index (χ3n) is 3.37. The summed E-state index contributed by atoms with van der Waals surface area (Å²) in [5, 5.41) is 3.42. The highest BCUT2D eigenvalue weighted by Crippen LogP contribution is 2.37. The van der Waals surface area contributed by atoms with Crippen molar-refractivity contribution in [3.8, 4) is 17.2 Å². The molecule has 0 heterocycles. The van der Waals surface area contributed by atoms with E-state index in [1.165, 1.54) is 5.56 Å². The highest BCUT2D eigenvalue weighted by atomic mass is 79.9. The lowest BCUT2D eigenvalue weighted by Crippen LogP contribution is -2.13. The van der Waals surface area contributed by atoms with E-state index in [9.17, 15) is 0 Å². The predicted octanol–water partition coefficient (Wildman–Crippen LogP) is 3.76. The van der Waals surface area contributed by atoms with Gasteiger partial charge < -0.3 is 19.5 Å². The summed E-state index contributed by atoms with van der Waals surface area (Å²) in [5.41, 5.74) is 2.32. The standard InChI is InChI=1S/C17H20BrNO3/c1-20-14-7-4-12(5-8-14)10-19-11-13-6-9-15(21-2)17(22-3)16(13)18/h4-9,19H,10-11H2,1-3H3. The molecule has 0 bridgehead atoms. The molecule has 0 saturated carbocycles. The molecule has 2 aromatic carbocycles. The molecular weight excluding hydrogens is 346 g/mol. The summed E-state index contributed by atoms with van der Waals surface area (Å²) < 4.78 is 16.7. The molecule has 0 aliphatic carbocycles. The number of rotatable bonds is 7. The van der Waals surface area contributed by atoms with Gasteiger partial charge in [-0.25, -0.2) is 0 Å². The van der Waals surface area contributed by atoms with E-state index in [4.69, 9.17) is 14.2 Å². The largest absolute Gasteiger partial charge is 0.497 e. The van der Waals surface area contributed by atoms with Crippen molar-refractivity contribution in [1.29, 1.82) is 0 Å². The smallest absolute Gasteiger partial charge is 0.175 e. The topological polar surface area (TPSA) is 39.7 Å². The lowest BCUT2D eigenvalue weighted by atomic mass is 10.2. The lowest BCUT2D eigenvalue weighted by Gasteiger charge is -2.13. The molecule has 5 heteroatoms. The molecule has 0 spiro atoms. The van der Waals surface area contributed by atoms with E-state index in [0.717, 1.165) is 28.9 Å². The molecule has 1 N–H and O–H groups in total. The van der Waals surface area contributed by atoms with Crippen molar-refractivity contribution in [3.05, 3.63) is 52.0 Å². The Balaban J connectivity index is 1.99. The van der Waals surface area contributed by atoms with Gasteiger partial charge in [-0.2, -0.15) is 0 Å². The van der Waals surface area contributed by atoms with Gasteiger partial charge in [0.2, 0.25) is 0 Å². The number of hydrogen-bond donors (Lipinski definition) is 1. The van der Waals surface area contributed by atoms with Crippen molar-refractivity contribution < 1.29 is 14.2 Å². The number of nitrogens with one attached hydrogen (secondary N) is 1. The molecule has 0 atom stereocenters. The van der Waals surface area contributed by atoms with Crippen molar-refractivity contribution in [2.24, 2.45) is 0 Å². The van der Waals surface area contributed by atoms with E-state index in [1.807, 2.05) is 24.3 Å². The average Bonchev–Trinajstić information content (AvgIpc) is 2.56. The number of halogens is 1. The van der Waals surface area contributed by atoms with E-state index < -0.39 is 0 Å². The Labute approximate surface area is 139 Å². The zero-order valence-electron chi connectivity index (χ0n) is 13.0. The van der Waals surface area contributed by atoms with Crippen molar-refractivity contribution in [2.75, 3.05) is 21.3 Å². The van der Waals surface area contributed by atoms with Gasteiger partial charge in [-0.15, -0.1) is 0 Å². The molecule has 0 saturated heterocycles. The molecule has 2 rings (SSSR count). The first kappa shape index (κ1) is 16.6. The third kappa shape index (κ3) is 3.93. The van der Waals surface area contributed by atoms with Crippen LogP contribution in [0, 0.1) is 0 Å². The molecule has 0 aliphatic rings. The Morgan fingerprint density at radius 3 is 2.18 bits per heavy atom. The molecule has 0 aromatic heterocycles. The summed E-state index contributed by atoms with van der Waals surface area (Å²) in [6.07, 6.45) is 0. The quantitative estimate of drug-likeness (QED) is 0.810. The third-order valence-corrected chi connectivity index (χ3v) is 4.24. The summed E-state index contributed by atoms with van der Waals surface area (Å²) in [6.45, 7) is 1.51. The van der Waals surface area contributed by atoms with E-state index in [0.29, 0.717) is 11.5 Å². The molecule has 0 aliphatic heterocycles. The van der Waals surface area contributed by atoms with Crippen molar-refractivity contribution in [2.45, 2.75) is 13.1 Å². The van der Waals surface area contributed by atoms with Gasteiger partial charge in [0.25, 0.3) is 0 Å². The number of benzene rings is 2. The fourth-order valence-electron chi connectivity index (χ4n) is 2.15. The first-order valence-corrected chi connectivity index (χ1v) is 7.72. The fraction of sp³-hybridized carbons (Fsp3) is 0.294. The summed E-state index contributed by atoms with van der Waals surface area (Å²) >= 11 is 3.58. The van der Waals surface area contributed by atoms with Crippen molar-refractivity contribution >= 4 is 15.9 Å². The predicted molar refractivity (Wildman–Crippen MR) is 90.8 cm³/mol. The maximum atomic E-state index is 5.38. The van der Waals surface area contributed by atoms with Crippen LogP contribution in [0.1, 0.15) is 11.1 Å². The minimum atomic E-state index is 0.714. The van der Waals surface area contributed by atoms with E-state index in [-0.39, 0.29) is 0 Å². The minimum Gasteiger partial charge on any atom is -0.497 e. The molecule has 0 amide bonds. The second-order valence-corrected chi connectivity index (χ2v) is 5.52. The zero-order valence-corrected chi connectivity index (χ0v) is 14.6. The second-order valence-electron chi connectivity index (χ2n) is 4.73. The van der Waals surface area contributed by atoms with Crippen LogP contribution in [0.15, 0.2) is 40.9 Å². The van der Waals surface area contributed by atoms with Crippen molar-refractivity contribution in [1.82, 2.24) is 5.32 Å². The number of ether oxygens (including phenoxy) is 3. The van der Waals surface area contributed by atoms with Crippen LogP contribution in [0.3, 0.4) is 0 Å². The van der Waals surface area contributed by atoms with Gasteiger partial charge in [0.05, 0.1) is 25.8 Å². The molecule has 2 aromatic rings. The van der Waals surface area contributed by atoms with Gasteiger partial charge in [0.15, 0.2) is 11.5 Å². The molecule has 118 valence electrons. The monoisotopic (exact) mass is 365 g/mol. The SMILES string of the molecule is COc1ccc(CNCc2ccc(OC)c(OC)c2Br)cc1. The first-order chi connectivity index (χ1) is 10.7. The summed E-state index contributed by atoms with van der Waals surface area (Å²) in [4.78, 5) is 0. The zero-order chi connectivity index (χ0) is 15.9. The van der Waals surface area contributed by atoms with Gasteiger partial charge >= 0.3 is 0 Å². The highest BCUT2D eigenvalue weighted by Gasteiger charge is 2.12. The Morgan fingerprint density at radius 1 is 0.864 bits per heavy atom. The van der Waals surface area contributed by atoms with Crippen LogP contribution in [0.4, 0.5) is 0 Å². The Kier molecular flexibility index (Phi) is 6.10. The van der Waals surface area contributed by atoms with Crippen LogP contribution in [0.5, 0.6) is 17.2 Å². The maximum absolute atomic E-state index is 5.38. The molecule has 22 heavy (non-hydrogen) atoms. The van der Waals surface area contributed by atoms with Crippen LogP contribution < -0.4 is 19.5 Å². The van der Waals surface area contributed by atoms with Gasteiger partial charge in [-0.3, -0.25) is 0 Å². The number of methoxy groups -OCH3 is 3. The van der Waals surface area contributed by atoms with Crippen LogP contribution in [0.2, 0.25) is 0 Å². The molecular formula is C17H20BrNO3. The Morgan fingerprint density at radius 2 is 1.59 bits per heavy atom. The average molecular weight is 366 g/mol.